The summed E-state index contributed by atoms with van der Waals surface area (Å²) in [5, 5.41) is 19.7. The van der Waals surface area contributed by atoms with E-state index >= 15 is 0 Å². The Morgan fingerprint density at radius 2 is 2.06 bits per heavy atom. The van der Waals surface area contributed by atoms with Crippen molar-refractivity contribution in [2.24, 2.45) is 5.92 Å². The molecule has 2 rings (SSSR count). The molecule has 0 radical (unpaired) electrons. The van der Waals surface area contributed by atoms with Gasteiger partial charge in [0.1, 0.15) is 5.75 Å². The van der Waals surface area contributed by atoms with Crippen molar-refractivity contribution in [1.29, 1.82) is 0 Å². The smallest absolute Gasteiger partial charge is 0.157 e. The van der Waals surface area contributed by atoms with Crippen molar-refractivity contribution in [2.45, 2.75) is 26.2 Å². The summed E-state index contributed by atoms with van der Waals surface area (Å²) in [6.07, 6.45) is 3.51. The van der Waals surface area contributed by atoms with E-state index in [1.54, 1.807) is 6.07 Å². The monoisotopic (exact) mass is 255 g/mol. The second kappa shape index (κ2) is 5.05. The van der Waals surface area contributed by atoms with Crippen LogP contribution in [0.2, 0.25) is 5.02 Å². The van der Waals surface area contributed by atoms with Crippen LogP contribution in [0, 0.1) is 5.92 Å². The maximum Gasteiger partial charge on any atom is 0.157 e. The lowest BCUT2D eigenvalue weighted by Gasteiger charge is -2.25. The fraction of sp³-hybridized carbons (Fsp3) is 0.538. The Hall–Kier alpha value is -1.09. The van der Waals surface area contributed by atoms with Crippen molar-refractivity contribution in [3.63, 3.8) is 0 Å². The van der Waals surface area contributed by atoms with Gasteiger partial charge in [-0.3, -0.25) is 0 Å². The first-order valence-corrected chi connectivity index (χ1v) is 6.46. The molecule has 0 spiro atoms. The second-order valence-corrected chi connectivity index (χ2v) is 5.09. The number of phenolic OH excluding ortho intramolecular Hbond substituents is 2. The van der Waals surface area contributed by atoms with E-state index in [1.807, 2.05) is 0 Å². The molecule has 0 unspecified atom stereocenters. The summed E-state index contributed by atoms with van der Waals surface area (Å²) in [7, 11) is 0. The summed E-state index contributed by atoms with van der Waals surface area (Å²) in [6.45, 7) is 3.90. The molecule has 0 saturated heterocycles. The highest BCUT2D eigenvalue weighted by Gasteiger charge is 2.25. The van der Waals surface area contributed by atoms with Crippen molar-refractivity contribution in [3.8, 4) is 11.5 Å². The van der Waals surface area contributed by atoms with Gasteiger partial charge in [0.2, 0.25) is 0 Å². The topological polar surface area (TPSA) is 43.7 Å². The molecule has 0 atom stereocenters. The third kappa shape index (κ3) is 2.97. The fourth-order valence-electron chi connectivity index (χ4n) is 2.00. The Morgan fingerprint density at radius 3 is 2.65 bits per heavy atom. The van der Waals surface area contributed by atoms with E-state index < -0.39 is 0 Å². The van der Waals surface area contributed by atoms with Gasteiger partial charge in [-0.25, -0.2) is 0 Å². The molecule has 4 heteroatoms. The van der Waals surface area contributed by atoms with E-state index in [0.717, 1.165) is 25.4 Å². The Labute approximate surface area is 107 Å². The minimum absolute atomic E-state index is 0.0681. The molecule has 1 aliphatic carbocycles. The molecule has 1 saturated carbocycles. The number of benzene rings is 1. The predicted molar refractivity (Wildman–Crippen MR) is 70.0 cm³/mol. The number of halogens is 1. The largest absolute Gasteiger partial charge is 0.508 e. The van der Waals surface area contributed by atoms with Gasteiger partial charge in [-0.15, -0.1) is 0 Å². The lowest BCUT2D eigenvalue weighted by Crippen LogP contribution is -2.26. The minimum Gasteiger partial charge on any atom is -0.508 e. The summed E-state index contributed by atoms with van der Waals surface area (Å²) < 4.78 is 0. The van der Waals surface area contributed by atoms with Crippen LogP contribution in [-0.2, 0) is 0 Å². The van der Waals surface area contributed by atoms with Gasteiger partial charge in [0.15, 0.2) is 5.75 Å². The fourth-order valence-corrected chi connectivity index (χ4v) is 2.21. The zero-order chi connectivity index (χ0) is 12.4. The molecule has 1 aromatic carbocycles. The van der Waals surface area contributed by atoms with Crippen LogP contribution < -0.4 is 4.90 Å². The van der Waals surface area contributed by atoms with Crippen LogP contribution in [0.3, 0.4) is 0 Å². The third-order valence-corrected chi connectivity index (χ3v) is 3.33. The highest BCUT2D eigenvalue weighted by Crippen LogP contribution is 2.40. The van der Waals surface area contributed by atoms with Crippen molar-refractivity contribution in [2.75, 3.05) is 18.0 Å². The number of phenols is 2. The number of anilines is 1. The summed E-state index contributed by atoms with van der Waals surface area (Å²) in [6, 6.07) is 2.95. The van der Waals surface area contributed by atoms with E-state index in [4.69, 9.17) is 11.6 Å². The highest BCUT2D eigenvalue weighted by molar-refractivity contribution is 6.32. The average molecular weight is 256 g/mol. The van der Waals surface area contributed by atoms with Gasteiger partial charge in [0.25, 0.3) is 0 Å². The zero-order valence-electron chi connectivity index (χ0n) is 9.99. The molecule has 94 valence electrons. The van der Waals surface area contributed by atoms with Gasteiger partial charge >= 0.3 is 0 Å². The molecule has 0 amide bonds. The first-order chi connectivity index (χ1) is 8.11. The quantitative estimate of drug-likeness (QED) is 0.793. The normalized spacial score (nSPS) is 14.9. The lowest BCUT2D eigenvalue weighted by molar-refractivity contribution is 0.458. The van der Waals surface area contributed by atoms with Crippen molar-refractivity contribution in [3.05, 3.63) is 17.2 Å². The van der Waals surface area contributed by atoms with Gasteiger partial charge in [-0.1, -0.05) is 18.5 Å². The number of aromatic hydroxyl groups is 2. The Kier molecular flexibility index (Phi) is 3.67. The predicted octanol–water partition coefficient (Wildman–Crippen LogP) is 3.38. The number of hydrogen-bond donors (Lipinski definition) is 2. The second-order valence-electron chi connectivity index (χ2n) is 4.68. The Balaban J connectivity index is 2.26. The molecular formula is C13H18ClNO2. The molecule has 2 N–H and O–H groups in total. The van der Waals surface area contributed by atoms with Crippen LogP contribution in [0.5, 0.6) is 11.5 Å². The Morgan fingerprint density at radius 1 is 1.35 bits per heavy atom. The summed E-state index contributed by atoms with van der Waals surface area (Å²) >= 11 is 5.88. The number of nitrogens with zero attached hydrogens (tertiary/aromatic N) is 1. The third-order valence-electron chi connectivity index (χ3n) is 3.04. The molecule has 1 aromatic rings. The Bertz CT molecular complexity index is 405. The first-order valence-electron chi connectivity index (χ1n) is 6.08. The van der Waals surface area contributed by atoms with Crippen molar-refractivity contribution >= 4 is 17.3 Å². The van der Waals surface area contributed by atoms with Crippen LogP contribution in [0.4, 0.5) is 5.69 Å². The molecule has 3 nitrogen and oxygen atoms in total. The maximum atomic E-state index is 9.97. The molecule has 0 aromatic heterocycles. The molecule has 17 heavy (non-hydrogen) atoms. The molecule has 1 fully saturated rings. The number of rotatable bonds is 5. The van der Waals surface area contributed by atoms with E-state index in [2.05, 4.69) is 11.8 Å². The van der Waals surface area contributed by atoms with Gasteiger partial charge in [-0.05, 0) is 25.2 Å². The van der Waals surface area contributed by atoms with Gasteiger partial charge in [0.05, 0.1) is 10.7 Å². The van der Waals surface area contributed by atoms with Crippen molar-refractivity contribution < 1.29 is 10.2 Å². The van der Waals surface area contributed by atoms with Crippen LogP contribution >= 0.6 is 11.6 Å². The molecule has 0 bridgehead atoms. The first kappa shape index (κ1) is 12.4. The van der Waals surface area contributed by atoms with Crippen LogP contribution in [-0.4, -0.2) is 23.3 Å². The zero-order valence-corrected chi connectivity index (χ0v) is 10.7. The van der Waals surface area contributed by atoms with E-state index in [9.17, 15) is 10.2 Å². The summed E-state index contributed by atoms with van der Waals surface area (Å²) in [4.78, 5) is 2.11. The molecule has 1 aliphatic rings. The maximum absolute atomic E-state index is 9.97. The summed E-state index contributed by atoms with van der Waals surface area (Å²) in [5.41, 5.74) is 0.642. The van der Waals surface area contributed by atoms with Crippen LogP contribution in [0.15, 0.2) is 12.1 Å². The SMILES string of the molecule is CCCN(CC1CC1)c1cc(O)cc(Cl)c1O. The van der Waals surface area contributed by atoms with Crippen LogP contribution in [0.1, 0.15) is 26.2 Å². The van der Waals surface area contributed by atoms with Crippen molar-refractivity contribution in [1.82, 2.24) is 0 Å². The number of hydrogen-bond acceptors (Lipinski definition) is 3. The average Bonchev–Trinajstić information content (AvgIpc) is 3.07. The van der Waals surface area contributed by atoms with Crippen LogP contribution in [0.25, 0.3) is 0 Å². The minimum atomic E-state index is 0.0681. The molecule has 0 heterocycles. The summed E-state index contributed by atoms with van der Waals surface area (Å²) in [5.74, 6) is 0.889. The highest BCUT2D eigenvalue weighted by atomic mass is 35.5. The van der Waals surface area contributed by atoms with Gasteiger partial charge < -0.3 is 15.1 Å². The van der Waals surface area contributed by atoms with Gasteiger partial charge in [-0.2, -0.15) is 0 Å². The standard InChI is InChI=1S/C13H18ClNO2/c1-2-5-15(8-9-3-4-9)12-7-10(16)6-11(14)13(12)17/h6-7,9,16-17H,2-5,8H2,1H3. The lowest BCUT2D eigenvalue weighted by atomic mass is 10.2. The van der Waals surface area contributed by atoms with E-state index in [-0.39, 0.29) is 16.5 Å². The van der Waals surface area contributed by atoms with E-state index in [0.29, 0.717) is 5.69 Å². The molecule has 0 aliphatic heterocycles. The van der Waals surface area contributed by atoms with E-state index in [1.165, 1.54) is 18.9 Å². The molecular weight excluding hydrogens is 238 g/mol. The van der Waals surface area contributed by atoms with Gasteiger partial charge in [0, 0.05) is 25.2 Å².